The second-order valence-corrected chi connectivity index (χ2v) is 6.85. The minimum absolute atomic E-state index is 0. The molecule has 0 amide bonds. The van der Waals surface area contributed by atoms with E-state index in [1.807, 2.05) is 11.7 Å². The predicted octanol–water partition coefficient (Wildman–Crippen LogP) is 3.67. The second kappa shape index (κ2) is 14.2. The molecule has 0 saturated carbocycles. The van der Waals surface area contributed by atoms with Crippen LogP contribution in [-0.4, -0.2) is 41.5 Å². The number of aryl methyl sites for hydroxylation is 2. The predicted molar refractivity (Wildman–Crippen MR) is 125 cm³/mol. The van der Waals surface area contributed by atoms with E-state index in [-0.39, 0.29) is 30.1 Å². The second-order valence-electron chi connectivity index (χ2n) is 6.85. The van der Waals surface area contributed by atoms with Crippen LogP contribution in [-0.2, 0) is 31.2 Å². The Morgan fingerprint density at radius 1 is 1.15 bits per heavy atom. The third kappa shape index (κ3) is 8.37. The fourth-order valence-electron chi connectivity index (χ4n) is 3.23. The third-order valence-corrected chi connectivity index (χ3v) is 4.61. The average Bonchev–Trinajstić information content (AvgIpc) is 2.93. The van der Waals surface area contributed by atoms with E-state index >= 15 is 0 Å². The molecular weight excluding hydrogens is 453 g/mol. The van der Waals surface area contributed by atoms with Crippen LogP contribution in [0.15, 0.2) is 4.99 Å². The lowest BCUT2D eigenvalue weighted by Crippen LogP contribution is -2.39. The molecule has 0 aliphatic carbocycles. The van der Waals surface area contributed by atoms with Gasteiger partial charge in [-0.2, -0.15) is 5.10 Å². The van der Waals surface area contributed by atoms with E-state index in [1.54, 1.807) is 0 Å². The molecule has 0 aliphatic heterocycles. The summed E-state index contributed by atoms with van der Waals surface area (Å²) in [6.07, 6.45) is 3.17. The molecule has 158 valence electrons. The van der Waals surface area contributed by atoms with Crippen molar-refractivity contribution in [3.63, 3.8) is 0 Å². The number of aromatic nitrogens is 2. The number of hydrogen-bond acceptors (Lipinski definition) is 3. The largest absolute Gasteiger partial charge is 0.378 e. The molecule has 7 heteroatoms. The van der Waals surface area contributed by atoms with E-state index in [1.165, 1.54) is 11.3 Å². The highest BCUT2D eigenvalue weighted by Crippen LogP contribution is 2.16. The minimum Gasteiger partial charge on any atom is -0.378 e. The molecule has 0 bridgehead atoms. The number of nitrogens with one attached hydrogen (secondary N) is 2. The van der Waals surface area contributed by atoms with Gasteiger partial charge in [-0.25, -0.2) is 4.99 Å². The van der Waals surface area contributed by atoms with Crippen LogP contribution < -0.4 is 10.6 Å². The van der Waals surface area contributed by atoms with Gasteiger partial charge in [0.2, 0.25) is 0 Å². The zero-order valence-corrected chi connectivity index (χ0v) is 20.6. The van der Waals surface area contributed by atoms with Crippen molar-refractivity contribution in [2.45, 2.75) is 73.5 Å². The normalized spacial score (nSPS) is 12.8. The van der Waals surface area contributed by atoms with E-state index in [9.17, 15) is 0 Å². The summed E-state index contributed by atoms with van der Waals surface area (Å²) in [4.78, 5) is 4.80. The first-order chi connectivity index (χ1) is 12.5. The summed E-state index contributed by atoms with van der Waals surface area (Å²) in [7, 11) is 2.02. The molecular formula is C20H40IN5O. The van der Waals surface area contributed by atoms with Gasteiger partial charge in [-0.05, 0) is 39.0 Å². The molecule has 1 aromatic rings. The maximum absolute atomic E-state index is 5.83. The van der Waals surface area contributed by atoms with E-state index in [4.69, 9.17) is 9.73 Å². The van der Waals surface area contributed by atoms with Gasteiger partial charge in [-0.1, -0.05) is 27.7 Å². The summed E-state index contributed by atoms with van der Waals surface area (Å²) in [5, 5.41) is 11.4. The van der Waals surface area contributed by atoms with Crippen molar-refractivity contribution >= 4 is 29.9 Å². The number of rotatable bonds is 11. The molecule has 0 aliphatic rings. The molecule has 1 aromatic heterocycles. The van der Waals surface area contributed by atoms with Gasteiger partial charge in [-0.15, -0.1) is 24.0 Å². The van der Waals surface area contributed by atoms with Crippen molar-refractivity contribution < 1.29 is 4.74 Å². The van der Waals surface area contributed by atoms with Crippen LogP contribution in [0.1, 0.15) is 64.9 Å². The van der Waals surface area contributed by atoms with Crippen LogP contribution in [0.5, 0.6) is 0 Å². The molecule has 0 aromatic carbocycles. The van der Waals surface area contributed by atoms with Gasteiger partial charge in [0, 0.05) is 38.0 Å². The number of guanidine groups is 1. The van der Waals surface area contributed by atoms with E-state index in [2.05, 4.69) is 57.3 Å². The lowest BCUT2D eigenvalue weighted by Gasteiger charge is -2.21. The first-order valence-corrected chi connectivity index (χ1v) is 10.2. The maximum Gasteiger partial charge on any atom is 0.191 e. The number of nitrogens with zero attached hydrogens (tertiary/aromatic N) is 3. The van der Waals surface area contributed by atoms with Gasteiger partial charge >= 0.3 is 0 Å². The van der Waals surface area contributed by atoms with Gasteiger partial charge in [0.05, 0.1) is 18.3 Å². The highest BCUT2D eigenvalue weighted by molar-refractivity contribution is 14.0. The quantitative estimate of drug-likeness (QED) is 0.281. The topological polar surface area (TPSA) is 63.5 Å². The molecule has 2 N–H and O–H groups in total. The van der Waals surface area contributed by atoms with Crippen LogP contribution in [0.3, 0.4) is 0 Å². The Morgan fingerprint density at radius 3 is 2.37 bits per heavy atom. The van der Waals surface area contributed by atoms with Crippen molar-refractivity contribution in [1.82, 2.24) is 20.4 Å². The molecule has 1 rings (SSSR count). The zero-order valence-electron chi connectivity index (χ0n) is 18.3. The lowest BCUT2D eigenvalue weighted by atomic mass is 10.0. The Kier molecular flexibility index (Phi) is 13.8. The Balaban J connectivity index is 0.00000676. The van der Waals surface area contributed by atoms with E-state index in [0.717, 1.165) is 50.6 Å². The standard InChI is InChI=1S/C20H39N5O.HI/c1-8-17-16(18(9-2)25(7)24-17)14-23-20(21-10-3)22-13-12-19(15(5)6)26-11-4;/h15,19H,8-14H2,1-7H3,(H2,21,22,23);1H. The molecule has 6 nitrogen and oxygen atoms in total. The van der Waals surface area contributed by atoms with Crippen molar-refractivity contribution in [2.75, 3.05) is 19.7 Å². The molecule has 1 unspecified atom stereocenters. The van der Waals surface area contributed by atoms with Crippen LogP contribution >= 0.6 is 24.0 Å². The Morgan fingerprint density at radius 2 is 1.85 bits per heavy atom. The van der Waals surface area contributed by atoms with E-state index in [0.29, 0.717) is 12.5 Å². The lowest BCUT2D eigenvalue weighted by molar-refractivity contribution is 0.0258. The zero-order chi connectivity index (χ0) is 19.5. The number of halogens is 1. The summed E-state index contributed by atoms with van der Waals surface area (Å²) in [6.45, 7) is 16.0. The van der Waals surface area contributed by atoms with Gasteiger partial charge in [-0.3, -0.25) is 4.68 Å². The number of ether oxygens (including phenoxy) is 1. The summed E-state index contributed by atoms with van der Waals surface area (Å²) in [5.41, 5.74) is 3.70. The van der Waals surface area contributed by atoms with Gasteiger partial charge in [0.15, 0.2) is 5.96 Å². The smallest absolute Gasteiger partial charge is 0.191 e. The first-order valence-electron chi connectivity index (χ1n) is 10.2. The Labute approximate surface area is 182 Å². The first kappa shape index (κ1) is 26.2. The molecule has 0 spiro atoms. The number of aliphatic imine (C=N–C) groups is 1. The fraction of sp³-hybridized carbons (Fsp3) is 0.800. The molecule has 27 heavy (non-hydrogen) atoms. The van der Waals surface area contributed by atoms with Crippen molar-refractivity contribution in [2.24, 2.45) is 18.0 Å². The minimum atomic E-state index is 0. The molecule has 0 saturated heterocycles. The van der Waals surface area contributed by atoms with Gasteiger partial charge in [0.25, 0.3) is 0 Å². The highest BCUT2D eigenvalue weighted by atomic mass is 127. The van der Waals surface area contributed by atoms with Crippen LogP contribution in [0, 0.1) is 5.92 Å². The maximum atomic E-state index is 5.83. The van der Waals surface area contributed by atoms with Crippen LogP contribution in [0.2, 0.25) is 0 Å². The van der Waals surface area contributed by atoms with Gasteiger partial charge in [0.1, 0.15) is 0 Å². The summed E-state index contributed by atoms with van der Waals surface area (Å²) in [5.74, 6) is 1.38. The molecule has 0 radical (unpaired) electrons. The van der Waals surface area contributed by atoms with Crippen molar-refractivity contribution in [3.8, 4) is 0 Å². The number of hydrogen-bond donors (Lipinski definition) is 2. The fourth-order valence-corrected chi connectivity index (χ4v) is 3.23. The van der Waals surface area contributed by atoms with Crippen LogP contribution in [0.4, 0.5) is 0 Å². The summed E-state index contributed by atoms with van der Waals surface area (Å²) < 4.78 is 7.83. The van der Waals surface area contributed by atoms with Crippen LogP contribution in [0.25, 0.3) is 0 Å². The summed E-state index contributed by atoms with van der Waals surface area (Å²) >= 11 is 0. The molecule has 0 fully saturated rings. The molecule has 1 heterocycles. The van der Waals surface area contributed by atoms with Gasteiger partial charge < -0.3 is 15.4 Å². The summed E-state index contributed by atoms with van der Waals surface area (Å²) in [6, 6.07) is 0. The highest BCUT2D eigenvalue weighted by Gasteiger charge is 2.14. The third-order valence-electron chi connectivity index (χ3n) is 4.61. The Hall–Kier alpha value is -0.830. The Bertz CT molecular complexity index is 557. The monoisotopic (exact) mass is 493 g/mol. The van der Waals surface area contributed by atoms with Crippen molar-refractivity contribution in [3.05, 3.63) is 17.0 Å². The SMILES string of the molecule is CCNC(=NCc1c(CC)nn(C)c1CC)NCCC(OCC)C(C)C.I. The van der Waals surface area contributed by atoms with E-state index < -0.39 is 0 Å². The average molecular weight is 493 g/mol. The molecule has 1 atom stereocenters. The van der Waals surface area contributed by atoms with Crippen molar-refractivity contribution in [1.29, 1.82) is 0 Å².